The Labute approximate surface area is 258 Å². The quantitative estimate of drug-likeness (QED) is 0.239. The first-order valence-corrected chi connectivity index (χ1v) is 16.6. The van der Waals surface area contributed by atoms with E-state index >= 15 is 0 Å². The van der Waals surface area contributed by atoms with Crippen molar-refractivity contribution in [1.29, 1.82) is 0 Å². The molecule has 5 unspecified atom stereocenters. The Balaban J connectivity index is 1.19. The average molecular weight is 618 g/mol. The van der Waals surface area contributed by atoms with Crippen LogP contribution in [-0.4, -0.2) is 60.4 Å². The van der Waals surface area contributed by atoms with Gasteiger partial charge in [0.05, 0.1) is 30.9 Å². The second-order valence-corrected chi connectivity index (χ2v) is 13.4. The SMILES string of the molecule is CC1C(CN2CCCC2CO)OC(c2ccc(CNS(=O)(=O)c3cccc4cccnc34)cc2)OC1c1ccc(CO)cc1. The molecule has 4 aromatic rings. The predicted octanol–water partition coefficient (Wildman–Crippen LogP) is 4.45. The molecule has 5 atom stereocenters. The van der Waals surface area contributed by atoms with Crippen molar-refractivity contribution < 1.29 is 28.1 Å². The van der Waals surface area contributed by atoms with Gasteiger partial charge in [0.1, 0.15) is 4.90 Å². The van der Waals surface area contributed by atoms with E-state index in [0.29, 0.717) is 12.1 Å². The van der Waals surface area contributed by atoms with Gasteiger partial charge >= 0.3 is 0 Å². The first kappa shape index (κ1) is 30.8. The second-order valence-electron chi connectivity index (χ2n) is 11.7. The van der Waals surface area contributed by atoms with E-state index in [1.54, 1.807) is 24.4 Å². The van der Waals surface area contributed by atoms with Crippen molar-refractivity contribution in [1.82, 2.24) is 14.6 Å². The van der Waals surface area contributed by atoms with Crippen molar-refractivity contribution in [3.63, 3.8) is 0 Å². The molecule has 0 aliphatic carbocycles. The molecular weight excluding hydrogens is 578 g/mol. The summed E-state index contributed by atoms with van der Waals surface area (Å²) in [5.74, 6) is 0.0448. The molecule has 0 spiro atoms. The molecule has 1 aromatic heterocycles. The van der Waals surface area contributed by atoms with Gasteiger partial charge in [0.15, 0.2) is 6.29 Å². The third-order valence-electron chi connectivity index (χ3n) is 8.85. The number of fused-ring (bicyclic) bond motifs is 1. The van der Waals surface area contributed by atoms with E-state index in [-0.39, 0.29) is 48.8 Å². The van der Waals surface area contributed by atoms with E-state index in [1.807, 2.05) is 60.7 Å². The van der Waals surface area contributed by atoms with Crippen molar-refractivity contribution in [2.24, 2.45) is 5.92 Å². The zero-order valence-electron chi connectivity index (χ0n) is 24.7. The van der Waals surface area contributed by atoms with Gasteiger partial charge in [-0.2, -0.15) is 0 Å². The molecule has 10 heteroatoms. The normalized spacial score (nSPS) is 24.6. The molecule has 0 bridgehead atoms. The molecule has 2 aliphatic heterocycles. The van der Waals surface area contributed by atoms with E-state index in [1.165, 1.54) is 0 Å². The van der Waals surface area contributed by atoms with E-state index in [2.05, 4.69) is 21.5 Å². The molecule has 232 valence electrons. The summed E-state index contributed by atoms with van der Waals surface area (Å²) in [5, 5.41) is 20.2. The fourth-order valence-electron chi connectivity index (χ4n) is 6.24. The van der Waals surface area contributed by atoms with E-state index in [9.17, 15) is 18.6 Å². The number of pyridine rings is 1. The van der Waals surface area contributed by atoms with Crippen LogP contribution in [0.15, 0.2) is 90.0 Å². The Hall–Kier alpha value is -3.22. The molecule has 3 heterocycles. The number of likely N-dealkylation sites (tertiary alicyclic amines) is 1. The third-order valence-corrected chi connectivity index (χ3v) is 10.3. The molecule has 0 saturated carbocycles. The molecule has 9 nitrogen and oxygen atoms in total. The van der Waals surface area contributed by atoms with Gasteiger partial charge in [0.2, 0.25) is 10.0 Å². The molecule has 44 heavy (non-hydrogen) atoms. The molecule has 0 radical (unpaired) electrons. The van der Waals surface area contributed by atoms with Gasteiger partial charge in [-0.3, -0.25) is 9.88 Å². The molecule has 3 N–H and O–H groups in total. The van der Waals surface area contributed by atoms with Crippen molar-refractivity contribution in [3.8, 4) is 0 Å². The molecule has 6 rings (SSSR count). The average Bonchev–Trinajstić information content (AvgIpc) is 3.52. The molecule has 0 amide bonds. The maximum Gasteiger partial charge on any atom is 0.243 e. The Bertz CT molecular complexity index is 1660. The maximum absolute atomic E-state index is 13.2. The number of sulfonamides is 1. The van der Waals surface area contributed by atoms with Crippen LogP contribution in [0.3, 0.4) is 0 Å². The van der Waals surface area contributed by atoms with Crippen molar-refractivity contribution >= 4 is 20.9 Å². The van der Waals surface area contributed by atoms with Gasteiger partial charge in [-0.1, -0.05) is 73.7 Å². The summed E-state index contributed by atoms with van der Waals surface area (Å²) in [6, 6.07) is 24.3. The van der Waals surface area contributed by atoms with E-state index < -0.39 is 16.3 Å². The standard InChI is InChI=1S/C34H39N3O6S/c1-23-30(20-37-18-4-7-29(37)22-39)42-34(43-33(23)27-13-11-25(21-38)12-14-27)28-15-9-24(10-16-28)19-36-44(40,41)31-8-2-5-26-6-3-17-35-32(26)31/h2-3,5-6,8-17,23,29-30,33-34,36,38-39H,4,7,18-22H2,1H3. The lowest BCUT2D eigenvalue weighted by molar-refractivity contribution is -0.276. The highest BCUT2D eigenvalue weighted by Gasteiger charge is 2.40. The van der Waals surface area contributed by atoms with Crippen LogP contribution in [0.25, 0.3) is 10.9 Å². The number of ether oxygens (including phenoxy) is 2. The number of aliphatic hydroxyl groups is 2. The number of hydrogen-bond acceptors (Lipinski definition) is 8. The van der Waals surface area contributed by atoms with Gasteiger partial charge < -0.3 is 19.7 Å². The van der Waals surface area contributed by atoms with Gasteiger partial charge in [0.25, 0.3) is 0 Å². The van der Waals surface area contributed by atoms with Crippen LogP contribution in [0.2, 0.25) is 0 Å². The van der Waals surface area contributed by atoms with Crippen LogP contribution in [0.5, 0.6) is 0 Å². The summed E-state index contributed by atoms with van der Waals surface area (Å²) in [5.41, 5.74) is 3.93. The third kappa shape index (κ3) is 6.57. The summed E-state index contributed by atoms with van der Waals surface area (Å²) in [7, 11) is -3.79. The minimum atomic E-state index is -3.79. The van der Waals surface area contributed by atoms with Crippen LogP contribution < -0.4 is 4.72 Å². The summed E-state index contributed by atoms with van der Waals surface area (Å²) >= 11 is 0. The van der Waals surface area contributed by atoms with Gasteiger partial charge in [-0.25, -0.2) is 13.1 Å². The smallest absolute Gasteiger partial charge is 0.243 e. The van der Waals surface area contributed by atoms with Crippen molar-refractivity contribution in [2.75, 3.05) is 19.7 Å². The lowest BCUT2D eigenvalue weighted by atomic mass is 9.90. The molecular formula is C34H39N3O6S. The van der Waals surface area contributed by atoms with Crippen LogP contribution in [0, 0.1) is 5.92 Å². The number of hydrogen-bond donors (Lipinski definition) is 3. The lowest BCUT2D eigenvalue weighted by Gasteiger charge is -2.43. The highest BCUT2D eigenvalue weighted by molar-refractivity contribution is 7.89. The Morgan fingerprint density at radius 1 is 0.932 bits per heavy atom. The monoisotopic (exact) mass is 617 g/mol. The first-order valence-electron chi connectivity index (χ1n) is 15.1. The number of aromatic nitrogens is 1. The van der Waals surface area contributed by atoms with Crippen LogP contribution in [-0.2, 0) is 32.6 Å². The molecule has 2 fully saturated rings. The zero-order valence-corrected chi connectivity index (χ0v) is 25.6. The van der Waals surface area contributed by atoms with Crippen LogP contribution in [0.1, 0.15) is 54.4 Å². The first-order chi connectivity index (χ1) is 21.4. The molecule has 2 saturated heterocycles. The topological polar surface area (TPSA) is 121 Å². The highest BCUT2D eigenvalue weighted by Crippen LogP contribution is 2.42. The van der Waals surface area contributed by atoms with Gasteiger partial charge in [-0.05, 0) is 48.2 Å². The second kappa shape index (κ2) is 13.4. The number of para-hydroxylation sites is 1. The summed E-state index contributed by atoms with van der Waals surface area (Å²) in [6.45, 7) is 3.99. The number of benzene rings is 3. The minimum Gasteiger partial charge on any atom is -0.395 e. The number of rotatable bonds is 10. The Kier molecular flexibility index (Phi) is 9.39. The predicted molar refractivity (Wildman–Crippen MR) is 167 cm³/mol. The molecule has 2 aliphatic rings. The van der Waals surface area contributed by atoms with Gasteiger partial charge in [-0.15, -0.1) is 0 Å². The Morgan fingerprint density at radius 2 is 1.66 bits per heavy atom. The van der Waals surface area contributed by atoms with Crippen molar-refractivity contribution in [2.45, 2.75) is 62.4 Å². The highest BCUT2D eigenvalue weighted by atomic mass is 32.2. The van der Waals surface area contributed by atoms with E-state index in [4.69, 9.17) is 9.47 Å². The fourth-order valence-corrected chi connectivity index (χ4v) is 7.44. The maximum atomic E-state index is 13.2. The largest absolute Gasteiger partial charge is 0.395 e. The van der Waals surface area contributed by atoms with Crippen molar-refractivity contribution in [3.05, 3.63) is 107 Å². The number of nitrogens with zero attached hydrogens (tertiary/aromatic N) is 2. The fraction of sp³-hybridized carbons (Fsp3) is 0.382. The van der Waals surface area contributed by atoms with Crippen LogP contribution >= 0.6 is 0 Å². The van der Waals surface area contributed by atoms with Crippen LogP contribution in [0.4, 0.5) is 0 Å². The van der Waals surface area contributed by atoms with E-state index in [0.717, 1.165) is 47.0 Å². The number of aliphatic hydroxyl groups excluding tert-OH is 2. The number of nitrogens with one attached hydrogen (secondary N) is 1. The lowest BCUT2D eigenvalue weighted by Crippen LogP contribution is -2.46. The summed E-state index contributed by atoms with van der Waals surface area (Å²) in [4.78, 5) is 6.75. The zero-order chi connectivity index (χ0) is 30.7. The van der Waals surface area contributed by atoms with Gasteiger partial charge in [0, 0.05) is 42.2 Å². The Morgan fingerprint density at radius 3 is 2.41 bits per heavy atom. The molecule has 3 aromatic carbocycles. The summed E-state index contributed by atoms with van der Waals surface area (Å²) < 4.78 is 42.2. The minimum absolute atomic E-state index is 0.0193. The summed E-state index contributed by atoms with van der Waals surface area (Å²) in [6.07, 6.45) is 2.63.